The maximum Gasteiger partial charge on any atom is 0.271 e. The molecule has 6 heteroatoms. The van der Waals surface area contributed by atoms with Gasteiger partial charge in [-0.2, -0.15) is 10.2 Å². The lowest BCUT2D eigenvalue weighted by Crippen LogP contribution is -2.19. The summed E-state index contributed by atoms with van der Waals surface area (Å²) in [6.45, 7) is 3.98. The van der Waals surface area contributed by atoms with Gasteiger partial charge >= 0.3 is 0 Å². The molecule has 3 aromatic rings. The van der Waals surface area contributed by atoms with Gasteiger partial charge < -0.3 is 0 Å². The zero-order valence-electron chi connectivity index (χ0n) is 16.8. The zero-order chi connectivity index (χ0) is 21.3. The minimum atomic E-state index is -0.358. The molecule has 0 aliphatic heterocycles. The van der Waals surface area contributed by atoms with Gasteiger partial charge in [-0.1, -0.05) is 59.7 Å². The lowest BCUT2D eigenvalue weighted by molar-refractivity contribution is 0.0943. The molecule has 0 saturated heterocycles. The molecule has 0 saturated carbocycles. The third-order valence-corrected chi connectivity index (χ3v) is 4.25. The van der Waals surface area contributed by atoms with Crippen molar-refractivity contribution in [1.82, 2.24) is 10.9 Å². The molecule has 0 unspecified atom stereocenters. The molecule has 0 aromatic heterocycles. The fourth-order valence-corrected chi connectivity index (χ4v) is 2.73. The second-order valence-electron chi connectivity index (χ2n) is 6.80. The molecule has 3 rings (SSSR count). The molecule has 150 valence electrons. The van der Waals surface area contributed by atoms with Crippen molar-refractivity contribution in [2.75, 3.05) is 0 Å². The predicted molar refractivity (Wildman–Crippen MR) is 119 cm³/mol. The van der Waals surface area contributed by atoms with Crippen LogP contribution in [-0.4, -0.2) is 24.2 Å². The Kier molecular flexibility index (Phi) is 6.84. The molecule has 0 spiro atoms. The van der Waals surface area contributed by atoms with E-state index < -0.39 is 0 Å². The lowest BCUT2D eigenvalue weighted by atomic mass is 10.1. The van der Waals surface area contributed by atoms with Crippen LogP contribution >= 0.6 is 0 Å². The van der Waals surface area contributed by atoms with Crippen LogP contribution in [0.5, 0.6) is 0 Å². The van der Waals surface area contributed by atoms with E-state index in [0.29, 0.717) is 11.1 Å². The Balaban J connectivity index is 1.54. The van der Waals surface area contributed by atoms with Crippen LogP contribution in [0.25, 0.3) is 0 Å². The molecule has 0 bridgehead atoms. The summed E-state index contributed by atoms with van der Waals surface area (Å²) >= 11 is 0. The van der Waals surface area contributed by atoms with Crippen LogP contribution in [0.15, 0.2) is 83.0 Å². The molecule has 0 heterocycles. The number of carbonyl (C=O) groups is 2. The number of nitrogens with one attached hydrogen (secondary N) is 2. The molecule has 3 aromatic carbocycles. The first-order valence-corrected chi connectivity index (χ1v) is 9.41. The van der Waals surface area contributed by atoms with Gasteiger partial charge in [-0.05, 0) is 49.2 Å². The molecule has 6 nitrogen and oxygen atoms in total. The number of nitrogens with zero attached hydrogens (tertiary/aromatic N) is 2. The first kappa shape index (κ1) is 20.7. The van der Waals surface area contributed by atoms with Crippen molar-refractivity contribution in [3.05, 3.63) is 106 Å². The number of benzene rings is 3. The van der Waals surface area contributed by atoms with E-state index in [-0.39, 0.29) is 11.8 Å². The summed E-state index contributed by atoms with van der Waals surface area (Å²) in [4.78, 5) is 24.4. The molecule has 2 amide bonds. The highest BCUT2D eigenvalue weighted by Crippen LogP contribution is 2.06. The zero-order valence-corrected chi connectivity index (χ0v) is 16.8. The van der Waals surface area contributed by atoms with E-state index in [4.69, 9.17) is 0 Å². The molecule has 0 aliphatic carbocycles. The molecular weight excluding hydrogens is 376 g/mol. The lowest BCUT2D eigenvalue weighted by Gasteiger charge is -2.03. The number of amides is 2. The Morgan fingerprint density at radius 3 is 1.43 bits per heavy atom. The van der Waals surface area contributed by atoms with E-state index in [1.165, 1.54) is 0 Å². The Labute approximate surface area is 175 Å². The van der Waals surface area contributed by atoms with Crippen LogP contribution in [0, 0.1) is 13.8 Å². The van der Waals surface area contributed by atoms with Gasteiger partial charge in [0.1, 0.15) is 0 Å². The maximum absolute atomic E-state index is 12.2. The Morgan fingerprint density at radius 2 is 1.07 bits per heavy atom. The Hall–Kier alpha value is -4.06. The third kappa shape index (κ3) is 5.97. The normalized spacial score (nSPS) is 11.0. The first-order chi connectivity index (χ1) is 14.5. The Morgan fingerprint density at radius 1 is 0.667 bits per heavy atom. The topological polar surface area (TPSA) is 82.9 Å². The standard InChI is InChI=1S/C24H22N4O2/c1-17-5-3-7-19(13-17)15-25-27-23(29)21-9-11-22(12-10-21)24(30)28-26-16-20-8-4-6-18(2)14-20/h3-16H,1-2H3,(H,27,29)(H,28,30)/b25-15+,26-16+. The predicted octanol–water partition coefficient (Wildman–Crippen LogP) is 3.83. The average molecular weight is 398 g/mol. The van der Waals surface area contributed by atoms with E-state index in [2.05, 4.69) is 21.1 Å². The molecule has 0 atom stereocenters. The summed E-state index contributed by atoms with van der Waals surface area (Å²) in [5.41, 5.74) is 9.78. The van der Waals surface area contributed by atoms with Crippen molar-refractivity contribution in [2.24, 2.45) is 10.2 Å². The summed E-state index contributed by atoms with van der Waals surface area (Å²) in [5.74, 6) is -0.716. The molecule has 0 radical (unpaired) electrons. The monoisotopic (exact) mass is 398 g/mol. The van der Waals surface area contributed by atoms with Crippen molar-refractivity contribution in [1.29, 1.82) is 0 Å². The van der Waals surface area contributed by atoms with Crippen LogP contribution < -0.4 is 10.9 Å². The maximum atomic E-state index is 12.2. The summed E-state index contributed by atoms with van der Waals surface area (Å²) in [5, 5.41) is 7.94. The molecular formula is C24H22N4O2. The van der Waals surface area contributed by atoms with Crippen LogP contribution in [0.1, 0.15) is 43.0 Å². The average Bonchev–Trinajstić information content (AvgIpc) is 2.74. The number of hydrogen-bond acceptors (Lipinski definition) is 4. The number of rotatable bonds is 6. The van der Waals surface area contributed by atoms with E-state index in [1.54, 1.807) is 36.7 Å². The molecule has 0 aliphatic rings. The highest BCUT2D eigenvalue weighted by molar-refractivity contribution is 5.98. The third-order valence-electron chi connectivity index (χ3n) is 4.25. The molecule has 0 fully saturated rings. The van der Waals surface area contributed by atoms with E-state index in [0.717, 1.165) is 22.3 Å². The van der Waals surface area contributed by atoms with Crippen LogP contribution in [0.4, 0.5) is 0 Å². The van der Waals surface area contributed by atoms with Gasteiger partial charge in [0.2, 0.25) is 0 Å². The Bertz CT molecular complexity index is 1010. The van der Waals surface area contributed by atoms with Gasteiger partial charge in [0.05, 0.1) is 12.4 Å². The molecule has 30 heavy (non-hydrogen) atoms. The van der Waals surface area contributed by atoms with Crippen LogP contribution in [0.2, 0.25) is 0 Å². The highest BCUT2D eigenvalue weighted by Gasteiger charge is 2.08. The van der Waals surface area contributed by atoms with E-state index in [1.807, 2.05) is 62.4 Å². The van der Waals surface area contributed by atoms with Gasteiger partial charge in [-0.15, -0.1) is 0 Å². The second-order valence-corrected chi connectivity index (χ2v) is 6.80. The minimum Gasteiger partial charge on any atom is -0.267 e. The fourth-order valence-electron chi connectivity index (χ4n) is 2.73. The van der Waals surface area contributed by atoms with Crippen molar-refractivity contribution >= 4 is 24.2 Å². The molecule has 2 N–H and O–H groups in total. The van der Waals surface area contributed by atoms with Gasteiger partial charge in [0.15, 0.2) is 0 Å². The number of carbonyl (C=O) groups excluding carboxylic acids is 2. The summed E-state index contributed by atoms with van der Waals surface area (Å²) in [7, 11) is 0. The van der Waals surface area contributed by atoms with E-state index in [9.17, 15) is 9.59 Å². The van der Waals surface area contributed by atoms with Gasteiger partial charge in [-0.25, -0.2) is 10.9 Å². The quantitative estimate of drug-likeness (QED) is 0.489. The minimum absolute atomic E-state index is 0.358. The first-order valence-electron chi connectivity index (χ1n) is 9.41. The van der Waals surface area contributed by atoms with E-state index >= 15 is 0 Å². The van der Waals surface area contributed by atoms with Crippen molar-refractivity contribution in [2.45, 2.75) is 13.8 Å². The highest BCUT2D eigenvalue weighted by atomic mass is 16.2. The largest absolute Gasteiger partial charge is 0.271 e. The van der Waals surface area contributed by atoms with Crippen LogP contribution in [0.3, 0.4) is 0 Å². The van der Waals surface area contributed by atoms with Crippen LogP contribution in [-0.2, 0) is 0 Å². The number of hydrazone groups is 2. The van der Waals surface area contributed by atoms with Gasteiger partial charge in [0, 0.05) is 11.1 Å². The smallest absolute Gasteiger partial charge is 0.267 e. The van der Waals surface area contributed by atoms with Crippen molar-refractivity contribution in [3.8, 4) is 0 Å². The SMILES string of the molecule is Cc1cccc(/C=N/NC(=O)c2ccc(C(=O)N/N=C/c3cccc(C)c3)cc2)c1. The van der Waals surface area contributed by atoms with Crippen molar-refractivity contribution < 1.29 is 9.59 Å². The summed E-state index contributed by atoms with van der Waals surface area (Å²) in [6.07, 6.45) is 3.16. The fraction of sp³-hybridized carbons (Fsp3) is 0.0833. The summed E-state index contributed by atoms with van der Waals surface area (Å²) in [6, 6.07) is 21.8. The number of aryl methyl sites for hydroxylation is 2. The number of hydrogen-bond donors (Lipinski definition) is 2. The van der Waals surface area contributed by atoms with Gasteiger partial charge in [0.25, 0.3) is 11.8 Å². The summed E-state index contributed by atoms with van der Waals surface area (Å²) < 4.78 is 0. The second kappa shape index (κ2) is 9.93. The van der Waals surface area contributed by atoms with Crippen molar-refractivity contribution in [3.63, 3.8) is 0 Å². The van der Waals surface area contributed by atoms with Gasteiger partial charge in [-0.3, -0.25) is 9.59 Å².